The second-order valence-corrected chi connectivity index (χ2v) is 9.61. The standard InChI is InChI=1S/C16H25ClO3S/c1-11-7-12(2)13(3)15(8-11)20-9-14(16(4,5)6)10-21(17,18)19/h7-8,14H,9-10H2,1-6H3. The van der Waals surface area contributed by atoms with Gasteiger partial charge >= 0.3 is 0 Å². The Labute approximate surface area is 133 Å². The first-order valence-corrected chi connectivity index (χ1v) is 9.51. The van der Waals surface area contributed by atoms with E-state index in [-0.39, 0.29) is 17.1 Å². The number of rotatable bonds is 5. The van der Waals surface area contributed by atoms with Crippen LogP contribution in [0.2, 0.25) is 0 Å². The maximum absolute atomic E-state index is 11.4. The van der Waals surface area contributed by atoms with E-state index < -0.39 is 9.05 Å². The zero-order valence-corrected chi connectivity index (χ0v) is 15.2. The fourth-order valence-corrected chi connectivity index (χ4v) is 3.66. The van der Waals surface area contributed by atoms with E-state index in [1.54, 1.807) is 0 Å². The Kier molecular flexibility index (Phi) is 5.73. The average molecular weight is 333 g/mol. The van der Waals surface area contributed by atoms with Crippen molar-refractivity contribution in [2.24, 2.45) is 11.3 Å². The lowest BCUT2D eigenvalue weighted by atomic mass is 9.82. The molecule has 0 bridgehead atoms. The van der Waals surface area contributed by atoms with Crippen molar-refractivity contribution in [3.05, 3.63) is 28.8 Å². The van der Waals surface area contributed by atoms with Gasteiger partial charge in [0.05, 0.1) is 12.4 Å². The zero-order valence-electron chi connectivity index (χ0n) is 13.7. The monoisotopic (exact) mass is 332 g/mol. The largest absolute Gasteiger partial charge is 0.493 e. The summed E-state index contributed by atoms with van der Waals surface area (Å²) < 4.78 is 28.7. The number of ether oxygens (including phenoxy) is 1. The Morgan fingerprint density at radius 3 is 2.24 bits per heavy atom. The first-order valence-electron chi connectivity index (χ1n) is 7.03. The molecule has 0 aliphatic carbocycles. The topological polar surface area (TPSA) is 43.4 Å². The molecule has 120 valence electrons. The molecule has 3 nitrogen and oxygen atoms in total. The van der Waals surface area contributed by atoms with E-state index in [0.717, 1.165) is 16.9 Å². The summed E-state index contributed by atoms with van der Waals surface area (Å²) in [6, 6.07) is 4.09. The van der Waals surface area contributed by atoms with E-state index in [9.17, 15) is 8.42 Å². The Bertz CT molecular complexity index is 601. The molecule has 0 amide bonds. The summed E-state index contributed by atoms with van der Waals surface area (Å²) in [5, 5.41) is 0. The molecule has 1 aromatic rings. The Morgan fingerprint density at radius 1 is 1.19 bits per heavy atom. The number of aryl methyl sites for hydroxylation is 2. The lowest BCUT2D eigenvalue weighted by Gasteiger charge is -2.30. The molecule has 1 aromatic carbocycles. The summed E-state index contributed by atoms with van der Waals surface area (Å²) in [6.45, 7) is 12.4. The molecule has 1 atom stereocenters. The van der Waals surface area contributed by atoms with Gasteiger partial charge in [-0.3, -0.25) is 0 Å². The fourth-order valence-electron chi connectivity index (χ4n) is 2.13. The minimum Gasteiger partial charge on any atom is -0.493 e. The van der Waals surface area contributed by atoms with Crippen LogP contribution in [0.15, 0.2) is 12.1 Å². The van der Waals surface area contributed by atoms with Crippen LogP contribution in [-0.4, -0.2) is 20.8 Å². The van der Waals surface area contributed by atoms with Gasteiger partial charge in [0.15, 0.2) is 0 Å². The van der Waals surface area contributed by atoms with Crippen molar-refractivity contribution >= 4 is 19.7 Å². The summed E-state index contributed by atoms with van der Waals surface area (Å²) in [4.78, 5) is 0. The van der Waals surface area contributed by atoms with Crippen molar-refractivity contribution in [2.75, 3.05) is 12.4 Å². The highest BCUT2D eigenvalue weighted by molar-refractivity contribution is 8.13. The molecule has 0 aliphatic heterocycles. The van der Waals surface area contributed by atoms with Crippen LogP contribution in [0.25, 0.3) is 0 Å². The summed E-state index contributed by atoms with van der Waals surface area (Å²) in [7, 11) is 1.87. The molecule has 0 fully saturated rings. The number of hydrogen-bond donors (Lipinski definition) is 0. The van der Waals surface area contributed by atoms with E-state index in [4.69, 9.17) is 15.4 Å². The fraction of sp³-hybridized carbons (Fsp3) is 0.625. The van der Waals surface area contributed by atoms with E-state index in [0.29, 0.717) is 6.61 Å². The van der Waals surface area contributed by atoms with Crippen LogP contribution in [0.3, 0.4) is 0 Å². The van der Waals surface area contributed by atoms with Gasteiger partial charge in [0, 0.05) is 16.6 Å². The van der Waals surface area contributed by atoms with Crippen molar-refractivity contribution in [1.82, 2.24) is 0 Å². The molecule has 1 rings (SSSR count). The van der Waals surface area contributed by atoms with Gasteiger partial charge < -0.3 is 4.74 Å². The van der Waals surface area contributed by atoms with Gasteiger partial charge in [-0.05, 0) is 48.9 Å². The smallest absolute Gasteiger partial charge is 0.233 e. The maximum atomic E-state index is 11.4. The van der Waals surface area contributed by atoms with E-state index >= 15 is 0 Å². The van der Waals surface area contributed by atoms with Crippen molar-refractivity contribution in [3.63, 3.8) is 0 Å². The zero-order chi connectivity index (χ0) is 16.4. The highest BCUT2D eigenvalue weighted by atomic mass is 35.7. The van der Waals surface area contributed by atoms with Crippen LogP contribution in [-0.2, 0) is 9.05 Å². The van der Waals surface area contributed by atoms with E-state index in [1.807, 2.05) is 47.6 Å². The van der Waals surface area contributed by atoms with Gasteiger partial charge in [-0.1, -0.05) is 26.8 Å². The van der Waals surface area contributed by atoms with Crippen LogP contribution in [0.1, 0.15) is 37.5 Å². The lowest BCUT2D eigenvalue weighted by Crippen LogP contribution is -2.32. The Hall–Kier alpha value is -0.740. The predicted octanol–water partition coefficient (Wildman–Crippen LogP) is 4.22. The molecule has 0 N–H and O–H groups in total. The molecule has 0 saturated heterocycles. The van der Waals surface area contributed by atoms with Crippen molar-refractivity contribution in [1.29, 1.82) is 0 Å². The second-order valence-electron chi connectivity index (χ2n) is 6.78. The van der Waals surface area contributed by atoms with Crippen LogP contribution < -0.4 is 4.74 Å². The third-order valence-electron chi connectivity index (χ3n) is 3.83. The third kappa shape index (κ3) is 5.87. The molecular weight excluding hydrogens is 308 g/mol. The van der Waals surface area contributed by atoms with Crippen LogP contribution in [0, 0.1) is 32.1 Å². The predicted molar refractivity (Wildman–Crippen MR) is 88.7 cm³/mol. The lowest BCUT2D eigenvalue weighted by molar-refractivity contribution is 0.163. The summed E-state index contributed by atoms with van der Waals surface area (Å²) in [5.74, 6) is 0.566. The molecule has 0 aromatic heterocycles. The van der Waals surface area contributed by atoms with Crippen molar-refractivity contribution < 1.29 is 13.2 Å². The molecule has 1 unspecified atom stereocenters. The van der Waals surface area contributed by atoms with E-state index in [1.165, 1.54) is 5.56 Å². The summed E-state index contributed by atoms with van der Waals surface area (Å²) in [5.41, 5.74) is 3.18. The highest BCUT2D eigenvalue weighted by Gasteiger charge is 2.29. The van der Waals surface area contributed by atoms with Crippen LogP contribution in [0.4, 0.5) is 0 Å². The van der Waals surface area contributed by atoms with Gasteiger partial charge in [0.1, 0.15) is 5.75 Å². The second kappa shape index (κ2) is 6.57. The first-order chi connectivity index (χ1) is 9.40. The number of benzene rings is 1. The summed E-state index contributed by atoms with van der Waals surface area (Å²) >= 11 is 0. The summed E-state index contributed by atoms with van der Waals surface area (Å²) in [6.07, 6.45) is 0. The molecule has 0 heterocycles. The normalized spacial score (nSPS) is 14.0. The third-order valence-corrected chi connectivity index (χ3v) is 5.01. The van der Waals surface area contributed by atoms with Crippen molar-refractivity contribution in [3.8, 4) is 5.75 Å². The molecule has 0 radical (unpaired) electrons. The average Bonchev–Trinajstić information content (AvgIpc) is 2.27. The maximum Gasteiger partial charge on any atom is 0.233 e. The number of hydrogen-bond acceptors (Lipinski definition) is 3. The van der Waals surface area contributed by atoms with Gasteiger partial charge in [0.2, 0.25) is 9.05 Å². The first kappa shape index (κ1) is 18.3. The van der Waals surface area contributed by atoms with Gasteiger partial charge in [0.25, 0.3) is 0 Å². The molecule has 0 aliphatic rings. The molecule has 0 spiro atoms. The molecule has 21 heavy (non-hydrogen) atoms. The molecule has 5 heteroatoms. The van der Waals surface area contributed by atoms with Gasteiger partial charge in [-0.2, -0.15) is 0 Å². The minimum atomic E-state index is -3.55. The molecular formula is C16H25ClO3S. The minimum absolute atomic E-state index is 0.0814. The highest BCUT2D eigenvalue weighted by Crippen LogP contribution is 2.30. The Morgan fingerprint density at radius 2 is 1.76 bits per heavy atom. The Balaban J connectivity index is 2.92. The van der Waals surface area contributed by atoms with Gasteiger partial charge in [-0.25, -0.2) is 8.42 Å². The van der Waals surface area contributed by atoms with Crippen LogP contribution in [0.5, 0.6) is 5.75 Å². The van der Waals surface area contributed by atoms with Gasteiger partial charge in [-0.15, -0.1) is 0 Å². The SMILES string of the molecule is Cc1cc(C)c(C)c(OCC(CS(=O)(=O)Cl)C(C)(C)C)c1. The van der Waals surface area contributed by atoms with Crippen molar-refractivity contribution in [2.45, 2.75) is 41.5 Å². The quantitative estimate of drug-likeness (QED) is 0.758. The number of halogens is 1. The molecule has 0 saturated carbocycles. The van der Waals surface area contributed by atoms with E-state index in [2.05, 4.69) is 6.07 Å². The van der Waals surface area contributed by atoms with Crippen LogP contribution >= 0.6 is 10.7 Å².